The van der Waals surface area contributed by atoms with E-state index in [-0.39, 0.29) is 5.54 Å². The lowest BCUT2D eigenvalue weighted by atomic mass is 10.1. The maximum absolute atomic E-state index is 3.63. The van der Waals surface area contributed by atoms with Gasteiger partial charge in [-0.3, -0.25) is 0 Å². The van der Waals surface area contributed by atoms with Crippen LogP contribution in [0.15, 0.2) is 0 Å². The van der Waals surface area contributed by atoms with E-state index < -0.39 is 0 Å². The van der Waals surface area contributed by atoms with Crippen molar-refractivity contribution in [1.82, 2.24) is 15.1 Å². The molecule has 0 radical (unpaired) electrons. The summed E-state index contributed by atoms with van der Waals surface area (Å²) in [4.78, 5) is 4.78. The minimum atomic E-state index is 0.219. The molecule has 0 rings (SSSR count). The highest BCUT2D eigenvalue weighted by Crippen LogP contribution is 2.07. The van der Waals surface area contributed by atoms with E-state index in [2.05, 4.69) is 64.0 Å². The topological polar surface area (TPSA) is 18.5 Å². The van der Waals surface area contributed by atoms with Crippen LogP contribution in [0.5, 0.6) is 0 Å². The van der Waals surface area contributed by atoms with Gasteiger partial charge in [-0.05, 0) is 67.8 Å². The Morgan fingerprint density at radius 3 is 2.11 bits per heavy atom. The molecule has 0 bridgehead atoms. The zero-order valence-corrected chi connectivity index (χ0v) is 13.7. The van der Waals surface area contributed by atoms with E-state index in [1.165, 1.54) is 32.4 Å². The van der Waals surface area contributed by atoms with E-state index in [0.717, 1.165) is 6.54 Å². The van der Waals surface area contributed by atoms with Crippen molar-refractivity contribution in [3.63, 3.8) is 0 Å². The average molecular weight is 257 g/mol. The number of hydrogen-bond acceptors (Lipinski definition) is 3. The Morgan fingerprint density at radius 2 is 1.67 bits per heavy atom. The minimum Gasteiger partial charge on any atom is -0.311 e. The third-order valence-electron chi connectivity index (χ3n) is 3.23. The highest BCUT2D eigenvalue weighted by atomic mass is 15.2. The summed E-state index contributed by atoms with van der Waals surface area (Å²) in [7, 11) is 6.55. The van der Waals surface area contributed by atoms with Gasteiger partial charge in [-0.1, -0.05) is 13.3 Å². The van der Waals surface area contributed by atoms with Crippen LogP contribution in [0.4, 0.5) is 0 Å². The van der Waals surface area contributed by atoms with E-state index in [1.54, 1.807) is 0 Å². The van der Waals surface area contributed by atoms with Crippen molar-refractivity contribution in [1.29, 1.82) is 0 Å². The number of hydrogen-bond donors (Lipinski definition) is 1. The summed E-state index contributed by atoms with van der Waals surface area (Å²) < 4.78 is 0. The molecule has 0 amide bonds. The van der Waals surface area contributed by atoms with E-state index >= 15 is 0 Å². The maximum Gasteiger partial charge on any atom is 0.0217 e. The Morgan fingerprint density at radius 1 is 1.06 bits per heavy atom. The number of rotatable bonds is 9. The molecule has 18 heavy (non-hydrogen) atoms. The molecule has 0 aliphatic carbocycles. The molecule has 3 heteroatoms. The molecule has 0 aromatic rings. The molecule has 1 N–H and O–H groups in total. The Kier molecular flexibility index (Phi) is 8.83. The van der Waals surface area contributed by atoms with Crippen LogP contribution in [0, 0.1) is 0 Å². The minimum absolute atomic E-state index is 0.219. The molecule has 1 atom stereocenters. The van der Waals surface area contributed by atoms with Gasteiger partial charge >= 0.3 is 0 Å². The molecule has 0 aromatic heterocycles. The summed E-state index contributed by atoms with van der Waals surface area (Å²) in [5.74, 6) is 0. The molecule has 0 saturated carbocycles. The lowest BCUT2D eigenvalue weighted by Crippen LogP contribution is -2.46. The Balaban J connectivity index is 4.05. The molecule has 0 aromatic carbocycles. The second-order valence-electron chi connectivity index (χ2n) is 6.71. The predicted octanol–water partition coefficient (Wildman–Crippen LogP) is 2.43. The van der Waals surface area contributed by atoms with Crippen LogP contribution >= 0.6 is 0 Å². The van der Waals surface area contributed by atoms with Gasteiger partial charge in [0.05, 0.1) is 0 Å². The van der Waals surface area contributed by atoms with Crippen molar-refractivity contribution in [2.24, 2.45) is 0 Å². The molecule has 0 saturated heterocycles. The van der Waals surface area contributed by atoms with Crippen LogP contribution in [0.25, 0.3) is 0 Å². The van der Waals surface area contributed by atoms with Gasteiger partial charge in [-0.2, -0.15) is 0 Å². The van der Waals surface area contributed by atoms with Crippen molar-refractivity contribution in [2.45, 2.75) is 58.5 Å². The van der Waals surface area contributed by atoms with Crippen LogP contribution in [0.2, 0.25) is 0 Å². The average Bonchev–Trinajstić information content (AvgIpc) is 2.22. The molecule has 0 spiro atoms. The molecule has 110 valence electrons. The Bertz CT molecular complexity index is 196. The summed E-state index contributed by atoms with van der Waals surface area (Å²) >= 11 is 0. The quantitative estimate of drug-likeness (QED) is 0.684. The molecule has 3 nitrogen and oxygen atoms in total. The smallest absolute Gasteiger partial charge is 0.0217 e. The summed E-state index contributed by atoms with van der Waals surface area (Å²) in [6.45, 7) is 12.4. The third kappa shape index (κ3) is 9.86. The fourth-order valence-electron chi connectivity index (χ4n) is 2.05. The molecule has 0 aliphatic rings. The number of nitrogens with zero attached hydrogens (tertiary/aromatic N) is 2. The normalized spacial score (nSPS) is 14.5. The highest BCUT2D eigenvalue weighted by molar-refractivity contribution is 4.77. The zero-order chi connectivity index (χ0) is 14.2. The number of nitrogens with one attached hydrogen (secondary N) is 1. The third-order valence-corrected chi connectivity index (χ3v) is 3.23. The lowest BCUT2D eigenvalue weighted by molar-refractivity contribution is 0.201. The first-order chi connectivity index (χ1) is 8.26. The first kappa shape index (κ1) is 17.9. The van der Waals surface area contributed by atoms with Crippen LogP contribution < -0.4 is 5.32 Å². The van der Waals surface area contributed by atoms with E-state index in [4.69, 9.17) is 0 Å². The molecule has 0 aliphatic heterocycles. The first-order valence-corrected chi connectivity index (χ1v) is 7.36. The van der Waals surface area contributed by atoms with Gasteiger partial charge in [0.15, 0.2) is 0 Å². The van der Waals surface area contributed by atoms with E-state index in [0.29, 0.717) is 6.04 Å². The fraction of sp³-hybridized carbons (Fsp3) is 1.00. The highest BCUT2D eigenvalue weighted by Gasteiger charge is 2.17. The van der Waals surface area contributed by atoms with Gasteiger partial charge in [0.2, 0.25) is 0 Å². The molecular formula is C15H35N3. The van der Waals surface area contributed by atoms with Gasteiger partial charge in [0.1, 0.15) is 0 Å². The Hall–Kier alpha value is -0.120. The van der Waals surface area contributed by atoms with Crippen molar-refractivity contribution < 1.29 is 0 Å². The van der Waals surface area contributed by atoms with Gasteiger partial charge in [-0.15, -0.1) is 0 Å². The van der Waals surface area contributed by atoms with Crippen LogP contribution in [-0.4, -0.2) is 62.2 Å². The van der Waals surface area contributed by atoms with Crippen molar-refractivity contribution in [2.75, 3.05) is 40.8 Å². The first-order valence-electron chi connectivity index (χ1n) is 7.36. The van der Waals surface area contributed by atoms with Gasteiger partial charge < -0.3 is 15.1 Å². The molecule has 1 unspecified atom stereocenters. The van der Waals surface area contributed by atoms with Gasteiger partial charge in [-0.25, -0.2) is 0 Å². The largest absolute Gasteiger partial charge is 0.311 e. The van der Waals surface area contributed by atoms with Crippen molar-refractivity contribution >= 4 is 0 Å². The van der Waals surface area contributed by atoms with E-state index in [1.807, 2.05) is 0 Å². The second-order valence-corrected chi connectivity index (χ2v) is 6.71. The fourth-order valence-corrected chi connectivity index (χ4v) is 2.05. The second kappa shape index (κ2) is 8.89. The van der Waals surface area contributed by atoms with Crippen molar-refractivity contribution in [3.8, 4) is 0 Å². The van der Waals surface area contributed by atoms with Gasteiger partial charge in [0, 0.05) is 18.1 Å². The summed E-state index contributed by atoms with van der Waals surface area (Å²) in [6.07, 6.45) is 3.79. The van der Waals surface area contributed by atoms with Gasteiger partial charge in [0.25, 0.3) is 0 Å². The summed E-state index contributed by atoms with van der Waals surface area (Å²) in [5.41, 5.74) is 0.219. The van der Waals surface area contributed by atoms with E-state index in [9.17, 15) is 0 Å². The van der Waals surface area contributed by atoms with Crippen LogP contribution in [0.3, 0.4) is 0 Å². The molecular weight excluding hydrogens is 222 g/mol. The molecule has 0 fully saturated rings. The zero-order valence-electron chi connectivity index (χ0n) is 13.7. The standard InChI is InChI=1S/C15H35N3/c1-8-10-14(13-16-15(2,3)4)18(7)12-9-11-17(5)6/h14,16H,8-13H2,1-7H3. The predicted molar refractivity (Wildman–Crippen MR) is 82.3 cm³/mol. The van der Waals surface area contributed by atoms with Crippen LogP contribution in [-0.2, 0) is 0 Å². The maximum atomic E-state index is 3.63. The SMILES string of the molecule is CCCC(CNC(C)(C)C)N(C)CCCN(C)C. The summed E-state index contributed by atoms with van der Waals surface area (Å²) in [6, 6.07) is 0.663. The monoisotopic (exact) mass is 257 g/mol. The Labute approximate surface area is 115 Å². The van der Waals surface area contributed by atoms with Crippen molar-refractivity contribution in [3.05, 3.63) is 0 Å². The van der Waals surface area contributed by atoms with Crippen LogP contribution in [0.1, 0.15) is 47.0 Å². The summed E-state index contributed by atoms with van der Waals surface area (Å²) in [5, 5.41) is 3.63. The lowest BCUT2D eigenvalue weighted by Gasteiger charge is -2.32. The number of likely N-dealkylation sites (N-methyl/N-ethyl adjacent to an activating group) is 1. The molecule has 0 heterocycles.